The van der Waals surface area contributed by atoms with E-state index in [1.165, 1.54) is 4.31 Å². The largest absolute Gasteiger partial charge is 0.324 e. The molecule has 1 N–H and O–H groups in total. The molecule has 0 amide bonds. The molecule has 140 valence electrons. The van der Waals surface area contributed by atoms with Crippen LogP contribution >= 0.6 is 11.3 Å². The number of sulfonamides is 1. The van der Waals surface area contributed by atoms with Crippen molar-refractivity contribution in [3.63, 3.8) is 0 Å². The van der Waals surface area contributed by atoms with E-state index in [2.05, 4.69) is 5.32 Å². The molecule has 7 nitrogen and oxygen atoms in total. The summed E-state index contributed by atoms with van der Waals surface area (Å²) in [4.78, 5) is 10.7. The number of aryl methyl sites for hydroxylation is 1. The number of hydrogen-bond donors (Lipinski definition) is 1. The van der Waals surface area contributed by atoms with Gasteiger partial charge in [0.25, 0.3) is 0 Å². The SMILES string of the molecule is Cc1ccc(S(=O)(=O)N2CCC(NCc3csc([N+](=O)[O-])c3)CC2)cc1. The average Bonchev–Trinajstić information content (AvgIpc) is 3.10. The lowest BCUT2D eigenvalue weighted by Gasteiger charge is -2.31. The monoisotopic (exact) mass is 395 g/mol. The van der Waals surface area contributed by atoms with Crippen LogP contribution in [0.25, 0.3) is 0 Å². The second-order valence-corrected chi connectivity index (χ2v) is 9.25. The van der Waals surface area contributed by atoms with Crippen LogP contribution in [0.15, 0.2) is 40.6 Å². The van der Waals surface area contributed by atoms with E-state index >= 15 is 0 Å². The van der Waals surface area contributed by atoms with Crippen LogP contribution in [0.1, 0.15) is 24.0 Å². The van der Waals surface area contributed by atoms with Crippen molar-refractivity contribution in [2.45, 2.75) is 37.2 Å². The molecule has 1 saturated heterocycles. The Hall–Kier alpha value is -1.81. The first-order valence-corrected chi connectivity index (χ1v) is 10.7. The minimum absolute atomic E-state index is 0.140. The third-order valence-corrected chi connectivity index (χ3v) is 7.37. The molecule has 0 bridgehead atoms. The molecule has 2 heterocycles. The maximum atomic E-state index is 12.7. The van der Waals surface area contributed by atoms with Crippen LogP contribution in [0.3, 0.4) is 0 Å². The Morgan fingerprint density at radius 1 is 1.27 bits per heavy atom. The van der Waals surface area contributed by atoms with Crippen LogP contribution in [0.4, 0.5) is 5.00 Å². The third-order valence-electron chi connectivity index (χ3n) is 4.53. The van der Waals surface area contributed by atoms with E-state index in [1.807, 2.05) is 6.92 Å². The molecule has 26 heavy (non-hydrogen) atoms. The van der Waals surface area contributed by atoms with Crippen LogP contribution in [0.2, 0.25) is 0 Å². The summed E-state index contributed by atoms with van der Waals surface area (Å²) in [5.41, 5.74) is 1.91. The molecular formula is C17H21N3O4S2. The zero-order valence-corrected chi connectivity index (χ0v) is 16.1. The summed E-state index contributed by atoms with van der Waals surface area (Å²) in [5.74, 6) is 0. The maximum absolute atomic E-state index is 12.7. The van der Waals surface area contributed by atoms with Gasteiger partial charge >= 0.3 is 5.00 Å². The topological polar surface area (TPSA) is 92.6 Å². The van der Waals surface area contributed by atoms with E-state index < -0.39 is 10.0 Å². The third kappa shape index (κ3) is 4.29. The highest BCUT2D eigenvalue weighted by Crippen LogP contribution is 2.24. The number of nitro groups is 1. The Balaban J connectivity index is 1.53. The summed E-state index contributed by atoms with van der Waals surface area (Å²) < 4.78 is 26.9. The molecule has 1 fully saturated rings. The highest BCUT2D eigenvalue weighted by Gasteiger charge is 2.29. The quantitative estimate of drug-likeness (QED) is 0.600. The molecule has 0 unspecified atom stereocenters. The van der Waals surface area contributed by atoms with E-state index in [4.69, 9.17) is 0 Å². The van der Waals surface area contributed by atoms with Gasteiger partial charge in [-0.1, -0.05) is 29.0 Å². The second kappa shape index (κ2) is 7.83. The predicted molar refractivity (Wildman–Crippen MR) is 101 cm³/mol. The molecule has 2 aromatic rings. The molecule has 0 spiro atoms. The fourth-order valence-electron chi connectivity index (χ4n) is 2.97. The van der Waals surface area contributed by atoms with E-state index in [-0.39, 0.29) is 16.0 Å². The Morgan fingerprint density at radius 3 is 2.50 bits per heavy atom. The summed E-state index contributed by atoms with van der Waals surface area (Å²) in [7, 11) is -3.44. The highest BCUT2D eigenvalue weighted by molar-refractivity contribution is 7.89. The lowest BCUT2D eigenvalue weighted by molar-refractivity contribution is -0.380. The Morgan fingerprint density at radius 2 is 1.92 bits per heavy atom. The van der Waals surface area contributed by atoms with Crippen LogP contribution in [-0.2, 0) is 16.6 Å². The lowest BCUT2D eigenvalue weighted by Crippen LogP contribution is -2.44. The first-order chi connectivity index (χ1) is 12.4. The van der Waals surface area contributed by atoms with Gasteiger partial charge in [-0.05, 0) is 37.5 Å². The molecule has 3 rings (SSSR count). The van der Waals surface area contributed by atoms with Crippen molar-refractivity contribution in [3.8, 4) is 0 Å². The van der Waals surface area contributed by atoms with Crippen molar-refractivity contribution in [1.82, 2.24) is 9.62 Å². The molecule has 0 saturated carbocycles. The van der Waals surface area contributed by atoms with Crippen molar-refractivity contribution in [3.05, 3.63) is 57.0 Å². The van der Waals surface area contributed by atoms with E-state index in [0.717, 1.165) is 35.3 Å². The Bertz CT molecular complexity index is 870. The van der Waals surface area contributed by atoms with Crippen molar-refractivity contribution < 1.29 is 13.3 Å². The van der Waals surface area contributed by atoms with Gasteiger partial charge in [0.05, 0.1) is 9.82 Å². The van der Waals surface area contributed by atoms with Crippen LogP contribution in [0, 0.1) is 17.0 Å². The van der Waals surface area contributed by atoms with Crippen molar-refractivity contribution in [1.29, 1.82) is 0 Å². The normalized spacial score (nSPS) is 16.7. The van der Waals surface area contributed by atoms with Gasteiger partial charge in [-0.25, -0.2) is 8.42 Å². The fraction of sp³-hybridized carbons (Fsp3) is 0.412. The number of benzene rings is 1. The lowest BCUT2D eigenvalue weighted by atomic mass is 10.1. The van der Waals surface area contributed by atoms with Gasteiger partial charge in [-0.15, -0.1) is 0 Å². The molecule has 1 aromatic carbocycles. The Kier molecular flexibility index (Phi) is 5.71. The van der Waals surface area contributed by atoms with Crippen LogP contribution < -0.4 is 5.32 Å². The van der Waals surface area contributed by atoms with Gasteiger partial charge in [-0.2, -0.15) is 4.31 Å². The molecule has 0 aliphatic carbocycles. The van der Waals surface area contributed by atoms with Gasteiger partial charge in [0.15, 0.2) is 0 Å². The number of thiophene rings is 1. The number of nitrogens with one attached hydrogen (secondary N) is 1. The minimum atomic E-state index is -3.44. The van der Waals surface area contributed by atoms with Crippen molar-refractivity contribution in [2.75, 3.05) is 13.1 Å². The van der Waals surface area contributed by atoms with E-state index in [9.17, 15) is 18.5 Å². The number of rotatable bonds is 6. The molecule has 1 aliphatic rings. The van der Waals surface area contributed by atoms with Gasteiger partial charge in [0.1, 0.15) is 0 Å². The summed E-state index contributed by atoms with van der Waals surface area (Å²) in [6, 6.07) is 8.70. The summed E-state index contributed by atoms with van der Waals surface area (Å²) in [6.07, 6.45) is 1.44. The van der Waals surface area contributed by atoms with Gasteiger partial charge in [0, 0.05) is 37.1 Å². The first-order valence-electron chi connectivity index (χ1n) is 8.38. The summed E-state index contributed by atoms with van der Waals surface area (Å²) in [5, 5.41) is 16.0. The molecule has 1 aromatic heterocycles. The number of nitrogens with zero attached hydrogens (tertiary/aromatic N) is 2. The highest BCUT2D eigenvalue weighted by atomic mass is 32.2. The van der Waals surface area contributed by atoms with Gasteiger partial charge < -0.3 is 5.32 Å². The van der Waals surface area contributed by atoms with Gasteiger partial charge in [-0.3, -0.25) is 10.1 Å². The zero-order valence-electron chi connectivity index (χ0n) is 14.4. The zero-order chi connectivity index (χ0) is 18.7. The smallest absolute Gasteiger partial charge is 0.310 e. The molecule has 0 radical (unpaired) electrons. The van der Waals surface area contributed by atoms with Crippen molar-refractivity contribution in [2.24, 2.45) is 0 Å². The molecular weight excluding hydrogens is 374 g/mol. The van der Waals surface area contributed by atoms with Crippen molar-refractivity contribution >= 4 is 26.4 Å². The standard InChI is InChI=1S/C17H21N3O4S2/c1-13-2-4-16(5-3-13)26(23,24)19-8-6-15(7-9-19)18-11-14-10-17(20(21)22)25-12-14/h2-5,10,12,15,18H,6-9,11H2,1H3. The van der Waals surface area contributed by atoms with Crippen LogP contribution in [-0.4, -0.2) is 36.8 Å². The maximum Gasteiger partial charge on any atom is 0.324 e. The average molecular weight is 396 g/mol. The Labute approximate surface area is 156 Å². The minimum Gasteiger partial charge on any atom is -0.310 e. The molecule has 1 aliphatic heterocycles. The van der Waals surface area contributed by atoms with E-state index in [0.29, 0.717) is 24.5 Å². The summed E-state index contributed by atoms with van der Waals surface area (Å²) in [6.45, 7) is 3.42. The molecule has 9 heteroatoms. The van der Waals surface area contributed by atoms with E-state index in [1.54, 1.807) is 35.7 Å². The fourth-order valence-corrected chi connectivity index (χ4v) is 5.17. The second-order valence-electron chi connectivity index (χ2n) is 6.42. The van der Waals surface area contributed by atoms with Gasteiger partial charge in [0.2, 0.25) is 10.0 Å². The predicted octanol–water partition coefficient (Wildman–Crippen LogP) is 2.91. The van der Waals surface area contributed by atoms with Crippen LogP contribution in [0.5, 0.6) is 0 Å². The molecule has 0 atom stereocenters. The first kappa shape index (κ1) is 19.0. The summed E-state index contributed by atoms with van der Waals surface area (Å²) >= 11 is 1.12. The number of hydrogen-bond acceptors (Lipinski definition) is 6. The number of piperidine rings is 1.